The van der Waals surface area contributed by atoms with Gasteiger partial charge in [-0.05, 0) is 25.0 Å². The molecule has 1 aliphatic rings. The quantitative estimate of drug-likeness (QED) is 0.886. The van der Waals surface area contributed by atoms with E-state index in [9.17, 15) is 0 Å². The molecule has 100 valence electrons. The molecule has 0 bridgehead atoms. The van der Waals surface area contributed by atoms with Gasteiger partial charge in [0.25, 0.3) is 0 Å². The van der Waals surface area contributed by atoms with Crippen molar-refractivity contribution in [1.29, 1.82) is 0 Å². The average molecular weight is 248 g/mol. The maximum Gasteiger partial charge on any atom is 0.121 e. The van der Waals surface area contributed by atoms with Gasteiger partial charge < -0.3 is 15.0 Å². The van der Waals surface area contributed by atoms with Crippen molar-refractivity contribution in [3.05, 3.63) is 24.3 Å². The van der Waals surface area contributed by atoms with Crippen LogP contribution in [0, 0.1) is 5.92 Å². The van der Waals surface area contributed by atoms with Crippen LogP contribution in [0.25, 0.3) is 0 Å². The summed E-state index contributed by atoms with van der Waals surface area (Å²) >= 11 is 0. The normalized spacial score (nSPS) is 20.2. The van der Waals surface area contributed by atoms with Gasteiger partial charge in [-0.25, -0.2) is 0 Å². The Hall–Kier alpha value is -1.22. The molecule has 1 aliphatic heterocycles. The number of anilines is 1. The molecule has 1 fully saturated rings. The predicted octanol–water partition coefficient (Wildman–Crippen LogP) is 2.52. The molecule has 1 unspecified atom stereocenters. The number of ether oxygens (including phenoxy) is 1. The van der Waals surface area contributed by atoms with Crippen LogP contribution in [0.5, 0.6) is 5.75 Å². The first-order valence-corrected chi connectivity index (χ1v) is 6.87. The second-order valence-electron chi connectivity index (χ2n) is 5.45. The van der Waals surface area contributed by atoms with E-state index in [1.54, 1.807) is 0 Å². The lowest BCUT2D eigenvalue weighted by Gasteiger charge is -2.36. The number of nitrogens with zero attached hydrogens (tertiary/aromatic N) is 1. The molecule has 18 heavy (non-hydrogen) atoms. The van der Waals surface area contributed by atoms with Crippen LogP contribution >= 0.6 is 0 Å². The summed E-state index contributed by atoms with van der Waals surface area (Å²) in [5.41, 5.74) is 1.27. The summed E-state index contributed by atoms with van der Waals surface area (Å²) in [4.78, 5) is 2.44. The minimum atomic E-state index is 0.541. The summed E-state index contributed by atoms with van der Waals surface area (Å²) in [7, 11) is 0. The van der Waals surface area contributed by atoms with Gasteiger partial charge in [-0.3, -0.25) is 0 Å². The van der Waals surface area contributed by atoms with Gasteiger partial charge in [0.05, 0.1) is 6.61 Å². The van der Waals surface area contributed by atoms with E-state index in [1.165, 1.54) is 5.69 Å². The molecule has 2 rings (SSSR count). The van der Waals surface area contributed by atoms with Crippen LogP contribution in [-0.4, -0.2) is 32.3 Å². The van der Waals surface area contributed by atoms with E-state index in [-0.39, 0.29) is 0 Å². The Kier molecular flexibility index (Phi) is 4.48. The van der Waals surface area contributed by atoms with Crippen LogP contribution in [0.15, 0.2) is 24.3 Å². The number of hydrogen-bond donors (Lipinski definition) is 1. The zero-order chi connectivity index (χ0) is 13.0. The Balaban J connectivity index is 2.06. The molecule has 0 saturated carbocycles. The lowest BCUT2D eigenvalue weighted by atomic mass is 10.1. The van der Waals surface area contributed by atoms with Crippen LogP contribution in [0.2, 0.25) is 0 Å². The summed E-state index contributed by atoms with van der Waals surface area (Å²) in [6, 6.07) is 8.99. The maximum atomic E-state index is 5.79. The standard InChI is InChI=1S/C15H24N2O/c1-12(2)11-18-15-6-4-5-14(9-15)17-8-7-16-10-13(17)3/h4-6,9,12-13,16H,7-8,10-11H2,1-3H3. The van der Waals surface area contributed by atoms with Crippen LogP contribution < -0.4 is 15.0 Å². The third-order valence-electron chi connectivity index (χ3n) is 3.23. The van der Waals surface area contributed by atoms with E-state index in [4.69, 9.17) is 4.74 Å². The Morgan fingerprint density at radius 3 is 3.00 bits per heavy atom. The van der Waals surface area contributed by atoms with E-state index in [0.29, 0.717) is 12.0 Å². The van der Waals surface area contributed by atoms with Crippen molar-refractivity contribution < 1.29 is 4.74 Å². The smallest absolute Gasteiger partial charge is 0.121 e. The molecule has 3 nitrogen and oxygen atoms in total. The van der Waals surface area contributed by atoms with E-state index < -0.39 is 0 Å². The molecule has 0 amide bonds. The highest BCUT2D eigenvalue weighted by Crippen LogP contribution is 2.23. The fraction of sp³-hybridized carbons (Fsp3) is 0.600. The van der Waals surface area contributed by atoms with Gasteiger partial charge in [0.1, 0.15) is 5.75 Å². The van der Waals surface area contributed by atoms with E-state index in [2.05, 4.69) is 49.2 Å². The van der Waals surface area contributed by atoms with Crippen LogP contribution in [0.3, 0.4) is 0 Å². The number of rotatable bonds is 4. The van der Waals surface area contributed by atoms with Crippen LogP contribution in [0.1, 0.15) is 20.8 Å². The second-order valence-corrected chi connectivity index (χ2v) is 5.45. The molecule has 1 heterocycles. The van der Waals surface area contributed by atoms with Crippen molar-refractivity contribution in [1.82, 2.24) is 5.32 Å². The molecule has 3 heteroatoms. The van der Waals surface area contributed by atoms with Crippen molar-refractivity contribution in [3.63, 3.8) is 0 Å². The fourth-order valence-electron chi connectivity index (χ4n) is 2.24. The van der Waals surface area contributed by atoms with Gasteiger partial charge in [0.2, 0.25) is 0 Å². The lowest BCUT2D eigenvalue weighted by molar-refractivity contribution is 0.271. The predicted molar refractivity (Wildman–Crippen MR) is 76.5 cm³/mol. The first-order valence-electron chi connectivity index (χ1n) is 6.87. The summed E-state index contributed by atoms with van der Waals surface area (Å²) in [5.74, 6) is 1.54. The van der Waals surface area contributed by atoms with E-state index >= 15 is 0 Å². The van der Waals surface area contributed by atoms with Crippen molar-refractivity contribution in [3.8, 4) is 5.75 Å². The number of hydrogen-bond acceptors (Lipinski definition) is 3. The van der Waals surface area contributed by atoms with Gasteiger partial charge in [-0.1, -0.05) is 19.9 Å². The topological polar surface area (TPSA) is 24.5 Å². The Morgan fingerprint density at radius 1 is 1.44 bits per heavy atom. The minimum absolute atomic E-state index is 0.541. The third kappa shape index (κ3) is 3.39. The molecular formula is C15H24N2O. The first-order chi connectivity index (χ1) is 8.66. The summed E-state index contributed by atoms with van der Waals surface area (Å²) in [6.07, 6.45) is 0. The molecule has 1 saturated heterocycles. The molecule has 1 atom stereocenters. The molecule has 0 spiro atoms. The van der Waals surface area contributed by atoms with Crippen LogP contribution in [0.4, 0.5) is 5.69 Å². The summed E-state index contributed by atoms with van der Waals surface area (Å²) in [6.45, 7) is 10.5. The Labute approximate surface area is 110 Å². The molecular weight excluding hydrogens is 224 g/mol. The molecule has 0 aromatic heterocycles. The first kappa shape index (κ1) is 13.2. The molecule has 1 N–H and O–H groups in total. The second kappa shape index (κ2) is 6.10. The third-order valence-corrected chi connectivity index (χ3v) is 3.23. The summed E-state index contributed by atoms with van der Waals surface area (Å²) in [5, 5.41) is 3.42. The largest absolute Gasteiger partial charge is 0.493 e. The zero-order valence-electron chi connectivity index (χ0n) is 11.6. The van der Waals surface area contributed by atoms with E-state index in [1.807, 2.05) is 6.07 Å². The van der Waals surface area contributed by atoms with Gasteiger partial charge in [0, 0.05) is 37.4 Å². The van der Waals surface area contributed by atoms with Gasteiger partial charge in [-0.2, -0.15) is 0 Å². The Bertz CT molecular complexity index is 379. The number of nitrogens with one attached hydrogen (secondary N) is 1. The molecule has 1 aromatic carbocycles. The highest BCUT2D eigenvalue weighted by atomic mass is 16.5. The minimum Gasteiger partial charge on any atom is -0.493 e. The monoisotopic (exact) mass is 248 g/mol. The number of benzene rings is 1. The molecule has 0 radical (unpaired) electrons. The molecule has 1 aromatic rings. The molecule has 0 aliphatic carbocycles. The lowest BCUT2D eigenvalue weighted by Crippen LogP contribution is -2.49. The summed E-state index contributed by atoms with van der Waals surface area (Å²) < 4.78 is 5.79. The van der Waals surface area contributed by atoms with Crippen molar-refractivity contribution in [2.75, 3.05) is 31.1 Å². The van der Waals surface area contributed by atoms with Gasteiger partial charge in [-0.15, -0.1) is 0 Å². The average Bonchev–Trinajstić information content (AvgIpc) is 2.37. The zero-order valence-corrected chi connectivity index (χ0v) is 11.6. The fourth-order valence-corrected chi connectivity index (χ4v) is 2.24. The van der Waals surface area contributed by atoms with Crippen molar-refractivity contribution in [2.24, 2.45) is 5.92 Å². The van der Waals surface area contributed by atoms with Crippen LogP contribution in [-0.2, 0) is 0 Å². The maximum absolute atomic E-state index is 5.79. The van der Waals surface area contributed by atoms with Crippen molar-refractivity contribution >= 4 is 5.69 Å². The SMILES string of the molecule is CC(C)COc1cccc(N2CCNCC2C)c1. The van der Waals surface area contributed by atoms with Gasteiger partial charge >= 0.3 is 0 Å². The number of piperazine rings is 1. The highest BCUT2D eigenvalue weighted by Gasteiger charge is 2.18. The highest BCUT2D eigenvalue weighted by molar-refractivity contribution is 5.52. The van der Waals surface area contributed by atoms with E-state index in [0.717, 1.165) is 32.0 Å². The van der Waals surface area contributed by atoms with Gasteiger partial charge in [0.15, 0.2) is 0 Å². The van der Waals surface area contributed by atoms with Crippen molar-refractivity contribution in [2.45, 2.75) is 26.8 Å². The Morgan fingerprint density at radius 2 is 2.28 bits per heavy atom.